The van der Waals surface area contributed by atoms with Crippen molar-refractivity contribution in [2.45, 2.75) is 17.2 Å². The van der Waals surface area contributed by atoms with Crippen molar-refractivity contribution in [1.82, 2.24) is 0 Å². The molecule has 0 heterocycles. The Bertz CT molecular complexity index is 582. The summed E-state index contributed by atoms with van der Waals surface area (Å²) in [7, 11) is 0. The zero-order valence-corrected chi connectivity index (χ0v) is 10.7. The van der Waals surface area contributed by atoms with Crippen LogP contribution in [0.3, 0.4) is 0 Å². The second kappa shape index (κ2) is 4.65. The smallest absolute Gasteiger partial charge is 0.138 e. The van der Waals surface area contributed by atoms with Crippen LogP contribution in [0.4, 0.5) is 10.1 Å². The minimum absolute atomic E-state index is 0.215. The quantitative estimate of drug-likeness (QED) is 0.669. The van der Waals surface area contributed by atoms with Gasteiger partial charge in [0.1, 0.15) is 5.82 Å². The van der Waals surface area contributed by atoms with E-state index in [1.54, 1.807) is 23.9 Å². The molecule has 1 unspecified atom stereocenters. The number of halogens is 1. The largest absolute Gasteiger partial charge is 0.399 e. The summed E-state index contributed by atoms with van der Waals surface area (Å²) in [5.74, 6) is 1.27. The molecule has 18 heavy (non-hydrogen) atoms. The first-order chi connectivity index (χ1) is 8.74. The number of fused-ring (bicyclic) bond motifs is 1. The van der Waals surface area contributed by atoms with Crippen molar-refractivity contribution in [2.24, 2.45) is 0 Å². The number of thioether (sulfide) groups is 1. The molecule has 3 heteroatoms. The predicted octanol–water partition coefficient (Wildman–Crippen LogP) is 3.84. The molecule has 0 aliphatic heterocycles. The maximum atomic E-state index is 13.6. The first-order valence-corrected chi connectivity index (χ1v) is 6.98. The monoisotopic (exact) mass is 259 g/mol. The summed E-state index contributed by atoms with van der Waals surface area (Å²) in [6.07, 6.45) is 1.11. The van der Waals surface area contributed by atoms with E-state index >= 15 is 0 Å². The van der Waals surface area contributed by atoms with Gasteiger partial charge in [0.15, 0.2) is 0 Å². The predicted molar refractivity (Wildman–Crippen MR) is 74.4 cm³/mol. The van der Waals surface area contributed by atoms with Crippen molar-refractivity contribution in [3.8, 4) is 0 Å². The molecular weight excluding hydrogens is 245 g/mol. The summed E-state index contributed by atoms with van der Waals surface area (Å²) < 4.78 is 13.6. The highest BCUT2D eigenvalue weighted by Crippen LogP contribution is 2.39. The summed E-state index contributed by atoms with van der Waals surface area (Å²) in [6, 6.07) is 13.4. The van der Waals surface area contributed by atoms with E-state index in [9.17, 15) is 4.39 Å². The molecule has 92 valence electrons. The Morgan fingerprint density at radius 1 is 1.22 bits per heavy atom. The highest BCUT2D eigenvalue weighted by atomic mass is 32.2. The van der Waals surface area contributed by atoms with E-state index in [-0.39, 0.29) is 5.82 Å². The SMILES string of the molecule is Nc1ccc(SCC2Cc3ccccc32)c(F)c1. The van der Waals surface area contributed by atoms with Gasteiger partial charge in [0, 0.05) is 16.3 Å². The summed E-state index contributed by atoms with van der Waals surface area (Å²) in [5, 5.41) is 0. The van der Waals surface area contributed by atoms with E-state index < -0.39 is 0 Å². The normalized spacial score (nSPS) is 17.1. The van der Waals surface area contributed by atoms with E-state index in [1.807, 2.05) is 0 Å². The van der Waals surface area contributed by atoms with Crippen LogP contribution in [0.2, 0.25) is 0 Å². The number of benzene rings is 2. The highest BCUT2D eigenvalue weighted by Gasteiger charge is 2.25. The minimum Gasteiger partial charge on any atom is -0.399 e. The lowest BCUT2D eigenvalue weighted by Crippen LogP contribution is -2.18. The van der Waals surface area contributed by atoms with Crippen molar-refractivity contribution in [2.75, 3.05) is 11.5 Å². The van der Waals surface area contributed by atoms with Gasteiger partial charge in [-0.3, -0.25) is 0 Å². The Morgan fingerprint density at radius 2 is 2.06 bits per heavy atom. The molecule has 2 N–H and O–H groups in total. The molecule has 0 aromatic heterocycles. The van der Waals surface area contributed by atoms with Gasteiger partial charge in [-0.25, -0.2) is 4.39 Å². The Hall–Kier alpha value is -1.48. The lowest BCUT2D eigenvalue weighted by atomic mass is 9.79. The van der Waals surface area contributed by atoms with E-state index in [4.69, 9.17) is 5.73 Å². The molecule has 1 aliphatic rings. The molecule has 0 spiro atoms. The van der Waals surface area contributed by atoms with Crippen LogP contribution in [0.15, 0.2) is 47.4 Å². The third-order valence-corrected chi connectivity index (χ3v) is 4.57. The number of nitrogens with two attached hydrogens (primary N) is 1. The van der Waals surface area contributed by atoms with E-state index in [2.05, 4.69) is 24.3 Å². The lowest BCUT2D eigenvalue weighted by molar-refractivity contribution is 0.602. The van der Waals surface area contributed by atoms with Gasteiger partial charge >= 0.3 is 0 Å². The van der Waals surface area contributed by atoms with Gasteiger partial charge in [0.05, 0.1) is 0 Å². The maximum Gasteiger partial charge on any atom is 0.138 e. The zero-order valence-electron chi connectivity index (χ0n) is 9.90. The Labute approximate surface area is 110 Å². The number of hydrogen-bond acceptors (Lipinski definition) is 2. The number of hydrogen-bond donors (Lipinski definition) is 1. The summed E-state index contributed by atoms with van der Waals surface area (Å²) >= 11 is 1.57. The van der Waals surface area contributed by atoms with Gasteiger partial charge in [-0.15, -0.1) is 11.8 Å². The van der Waals surface area contributed by atoms with E-state index in [1.165, 1.54) is 17.2 Å². The third-order valence-electron chi connectivity index (χ3n) is 3.36. The average molecular weight is 259 g/mol. The molecule has 2 aromatic rings. The average Bonchev–Trinajstić information content (AvgIpc) is 2.33. The third kappa shape index (κ3) is 2.10. The van der Waals surface area contributed by atoms with Crippen LogP contribution in [0, 0.1) is 5.82 Å². The van der Waals surface area contributed by atoms with Crippen LogP contribution in [-0.2, 0) is 6.42 Å². The van der Waals surface area contributed by atoms with E-state index in [0.717, 1.165) is 12.2 Å². The first kappa shape index (κ1) is 11.6. The molecule has 0 radical (unpaired) electrons. The number of nitrogen functional groups attached to an aromatic ring is 1. The molecule has 1 atom stereocenters. The summed E-state index contributed by atoms with van der Waals surface area (Å²) in [6.45, 7) is 0. The van der Waals surface area contributed by atoms with Crippen molar-refractivity contribution in [3.63, 3.8) is 0 Å². The van der Waals surface area contributed by atoms with Gasteiger partial charge in [0.2, 0.25) is 0 Å². The molecule has 0 bridgehead atoms. The van der Waals surface area contributed by atoms with Crippen LogP contribution in [-0.4, -0.2) is 5.75 Å². The van der Waals surface area contributed by atoms with Crippen LogP contribution >= 0.6 is 11.8 Å². The minimum atomic E-state index is -0.215. The van der Waals surface area contributed by atoms with Gasteiger partial charge in [0.25, 0.3) is 0 Å². The molecule has 0 saturated carbocycles. The fourth-order valence-electron chi connectivity index (χ4n) is 2.34. The van der Waals surface area contributed by atoms with Crippen LogP contribution in [0.25, 0.3) is 0 Å². The standard InChI is InChI=1S/C15H14FNS/c16-14-8-12(17)5-6-15(14)18-9-11-7-10-3-1-2-4-13(10)11/h1-6,8,11H,7,9,17H2. The number of anilines is 1. The van der Waals surface area contributed by atoms with Crippen LogP contribution < -0.4 is 5.73 Å². The molecule has 0 amide bonds. The van der Waals surface area contributed by atoms with Gasteiger partial charge < -0.3 is 5.73 Å². The Kier molecular flexibility index (Phi) is 3.00. The summed E-state index contributed by atoms with van der Waals surface area (Å²) in [4.78, 5) is 0.689. The fraction of sp³-hybridized carbons (Fsp3) is 0.200. The van der Waals surface area contributed by atoms with E-state index in [0.29, 0.717) is 16.5 Å². The molecule has 1 aliphatic carbocycles. The van der Waals surface area contributed by atoms with Crippen molar-refractivity contribution >= 4 is 17.4 Å². The Balaban J connectivity index is 1.66. The Morgan fingerprint density at radius 3 is 2.83 bits per heavy atom. The van der Waals surface area contributed by atoms with Gasteiger partial charge in [-0.1, -0.05) is 24.3 Å². The van der Waals surface area contributed by atoms with Crippen molar-refractivity contribution < 1.29 is 4.39 Å². The summed E-state index contributed by atoms with van der Waals surface area (Å²) in [5.41, 5.74) is 8.86. The number of rotatable bonds is 3. The first-order valence-electron chi connectivity index (χ1n) is 5.99. The van der Waals surface area contributed by atoms with Crippen molar-refractivity contribution in [1.29, 1.82) is 0 Å². The topological polar surface area (TPSA) is 26.0 Å². The molecule has 2 aromatic carbocycles. The van der Waals surface area contributed by atoms with Crippen molar-refractivity contribution in [3.05, 3.63) is 59.4 Å². The van der Waals surface area contributed by atoms with Gasteiger partial charge in [-0.2, -0.15) is 0 Å². The molecule has 1 nitrogen and oxygen atoms in total. The van der Waals surface area contributed by atoms with Crippen LogP contribution in [0.5, 0.6) is 0 Å². The van der Waals surface area contributed by atoms with Crippen LogP contribution in [0.1, 0.15) is 17.0 Å². The van der Waals surface area contributed by atoms with Gasteiger partial charge in [-0.05, 0) is 41.7 Å². The zero-order chi connectivity index (χ0) is 12.5. The molecule has 0 fully saturated rings. The highest BCUT2D eigenvalue weighted by molar-refractivity contribution is 7.99. The fourth-order valence-corrected chi connectivity index (χ4v) is 3.38. The lowest BCUT2D eigenvalue weighted by Gasteiger charge is -2.29. The molecule has 0 saturated heterocycles. The second-order valence-electron chi connectivity index (χ2n) is 4.60. The molecular formula is C15H14FNS. The maximum absolute atomic E-state index is 13.6. The molecule has 3 rings (SSSR count). The second-order valence-corrected chi connectivity index (χ2v) is 5.66.